The number of aromatic nitrogens is 1. The van der Waals surface area contributed by atoms with E-state index in [2.05, 4.69) is 9.88 Å². The van der Waals surface area contributed by atoms with Gasteiger partial charge in [-0.1, -0.05) is 11.6 Å². The maximum absolute atomic E-state index is 5.97. The van der Waals surface area contributed by atoms with Crippen LogP contribution in [0.3, 0.4) is 0 Å². The maximum atomic E-state index is 5.97. The summed E-state index contributed by atoms with van der Waals surface area (Å²) < 4.78 is 5.32. The average molecular weight is 242 g/mol. The van der Waals surface area contributed by atoms with E-state index in [-0.39, 0.29) is 0 Å². The molecule has 0 amide bonds. The molecule has 2 heterocycles. The Morgan fingerprint density at radius 3 is 3.06 bits per heavy atom. The summed E-state index contributed by atoms with van der Waals surface area (Å²) in [7, 11) is 1.74. The molecule has 0 radical (unpaired) electrons. The van der Waals surface area contributed by atoms with Crippen molar-refractivity contribution in [1.29, 1.82) is 0 Å². The second-order valence-electron chi connectivity index (χ2n) is 3.89. The summed E-state index contributed by atoms with van der Waals surface area (Å²) in [6.45, 7) is 2.22. The zero-order valence-corrected chi connectivity index (χ0v) is 10.1. The van der Waals surface area contributed by atoms with Crippen LogP contribution >= 0.6 is 11.6 Å². The van der Waals surface area contributed by atoms with Gasteiger partial charge in [-0.15, -0.1) is 0 Å². The lowest BCUT2D eigenvalue weighted by Crippen LogP contribution is -2.23. The maximum Gasteiger partial charge on any atom is 0.129 e. The Balaban J connectivity index is 2.15. The quantitative estimate of drug-likeness (QED) is 0.870. The second kappa shape index (κ2) is 4.99. The van der Waals surface area contributed by atoms with Crippen molar-refractivity contribution in [1.82, 2.24) is 4.98 Å². The van der Waals surface area contributed by atoms with E-state index in [1.165, 1.54) is 0 Å². The predicted octanol–water partition coefficient (Wildman–Crippen LogP) is 1.42. The van der Waals surface area contributed by atoms with Crippen LogP contribution in [0.2, 0.25) is 5.02 Å². The fraction of sp³-hybridized carbons (Fsp3) is 0.545. The number of methoxy groups -OCH3 is 1. The summed E-state index contributed by atoms with van der Waals surface area (Å²) in [4.78, 5) is 6.65. The molecule has 1 aliphatic rings. The molecule has 5 heteroatoms. The number of halogens is 1. The van der Waals surface area contributed by atoms with E-state index in [0.29, 0.717) is 17.7 Å². The standard InChI is InChI=1S/C11H16ClN3O/c1-16-8-4-5-15(7-8)11-3-2-9(12)10(6-13)14-11/h2-3,8H,4-7,13H2,1H3. The van der Waals surface area contributed by atoms with Gasteiger partial charge in [-0.3, -0.25) is 0 Å². The predicted molar refractivity (Wildman–Crippen MR) is 64.8 cm³/mol. The minimum Gasteiger partial charge on any atom is -0.380 e. The molecule has 0 aromatic carbocycles. The first-order valence-corrected chi connectivity index (χ1v) is 5.75. The van der Waals surface area contributed by atoms with E-state index in [1.807, 2.05) is 12.1 Å². The van der Waals surface area contributed by atoms with E-state index >= 15 is 0 Å². The van der Waals surface area contributed by atoms with Crippen LogP contribution in [0.25, 0.3) is 0 Å². The molecular formula is C11H16ClN3O. The lowest BCUT2D eigenvalue weighted by molar-refractivity contribution is 0.121. The van der Waals surface area contributed by atoms with Crippen molar-refractivity contribution in [3.05, 3.63) is 22.8 Å². The Bertz CT molecular complexity index is 372. The number of hydrogen-bond donors (Lipinski definition) is 1. The molecule has 88 valence electrons. The lowest BCUT2D eigenvalue weighted by atomic mass is 10.3. The summed E-state index contributed by atoms with van der Waals surface area (Å²) in [6.07, 6.45) is 1.34. The fourth-order valence-electron chi connectivity index (χ4n) is 1.92. The van der Waals surface area contributed by atoms with Gasteiger partial charge in [-0.05, 0) is 18.6 Å². The smallest absolute Gasteiger partial charge is 0.129 e. The first-order valence-electron chi connectivity index (χ1n) is 5.38. The highest BCUT2D eigenvalue weighted by Crippen LogP contribution is 2.23. The van der Waals surface area contributed by atoms with Crippen molar-refractivity contribution in [3.63, 3.8) is 0 Å². The van der Waals surface area contributed by atoms with Crippen LogP contribution < -0.4 is 10.6 Å². The van der Waals surface area contributed by atoms with E-state index in [9.17, 15) is 0 Å². The van der Waals surface area contributed by atoms with Gasteiger partial charge in [-0.2, -0.15) is 0 Å². The molecule has 0 bridgehead atoms. The van der Waals surface area contributed by atoms with Crippen LogP contribution in [0.4, 0.5) is 5.82 Å². The van der Waals surface area contributed by atoms with Crippen molar-refractivity contribution in [2.24, 2.45) is 5.73 Å². The Morgan fingerprint density at radius 2 is 2.44 bits per heavy atom. The number of anilines is 1. The fourth-order valence-corrected chi connectivity index (χ4v) is 2.10. The molecule has 1 unspecified atom stereocenters. The number of nitrogens with two attached hydrogens (primary N) is 1. The van der Waals surface area contributed by atoms with Crippen LogP contribution in [0, 0.1) is 0 Å². The van der Waals surface area contributed by atoms with Crippen LogP contribution in [0.1, 0.15) is 12.1 Å². The molecule has 2 rings (SSSR count). The Hall–Kier alpha value is -0.840. The molecule has 0 saturated carbocycles. The third-order valence-corrected chi connectivity index (χ3v) is 3.24. The van der Waals surface area contributed by atoms with Gasteiger partial charge in [-0.25, -0.2) is 4.98 Å². The van der Waals surface area contributed by atoms with Gasteiger partial charge in [0.25, 0.3) is 0 Å². The molecule has 1 aromatic rings. The Kier molecular flexibility index (Phi) is 3.63. The molecular weight excluding hydrogens is 226 g/mol. The summed E-state index contributed by atoms with van der Waals surface area (Å²) in [6, 6.07) is 3.78. The number of ether oxygens (including phenoxy) is 1. The summed E-state index contributed by atoms with van der Waals surface area (Å²) in [5, 5.41) is 0.633. The molecule has 16 heavy (non-hydrogen) atoms. The zero-order chi connectivity index (χ0) is 11.5. The number of rotatable bonds is 3. The highest BCUT2D eigenvalue weighted by Gasteiger charge is 2.23. The van der Waals surface area contributed by atoms with E-state index < -0.39 is 0 Å². The minimum atomic E-state index is 0.304. The molecule has 1 atom stereocenters. The molecule has 2 N–H and O–H groups in total. The number of nitrogens with zero attached hydrogens (tertiary/aromatic N) is 2. The summed E-state index contributed by atoms with van der Waals surface area (Å²) in [5.74, 6) is 0.935. The van der Waals surface area contributed by atoms with Crippen LogP contribution in [-0.2, 0) is 11.3 Å². The van der Waals surface area contributed by atoms with Crippen LogP contribution in [0.15, 0.2) is 12.1 Å². The highest BCUT2D eigenvalue weighted by atomic mass is 35.5. The second-order valence-corrected chi connectivity index (χ2v) is 4.30. The van der Waals surface area contributed by atoms with Crippen molar-refractivity contribution in [3.8, 4) is 0 Å². The number of pyridine rings is 1. The molecule has 0 spiro atoms. The topological polar surface area (TPSA) is 51.4 Å². The molecule has 4 nitrogen and oxygen atoms in total. The van der Waals surface area contributed by atoms with Crippen LogP contribution in [0.5, 0.6) is 0 Å². The summed E-state index contributed by atoms with van der Waals surface area (Å²) >= 11 is 5.97. The third-order valence-electron chi connectivity index (χ3n) is 2.90. The van der Waals surface area contributed by atoms with Gasteiger partial charge in [0.15, 0.2) is 0 Å². The third kappa shape index (κ3) is 2.29. The average Bonchev–Trinajstić information content (AvgIpc) is 2.78. The largest absolute Gasteiger partial charge is 0.380 e. The molecule has 1 saturated heterocycles. The first-order chi connectivity index (χ1) is 7.74. The van der Waals surface area contributed by atoms with E-state index in [1.54, 1.807) is 7.11 Å². The lowest BCUT2D eigenvalue weighted by Gasteiger charge is -2.18. The first kappa shape index (κ1) is 11.6. The molecule has 1 fully saturated rings. The monoisotopic (exact) mass is 241 g/mol. The normalized spacial score (nSPS) is 20.4. The van der Waals surface area contributed by atoms with Gasteiger partial charge in [0.2, 0.25) is 0 Å². The van der Waals surface area contributed by atoms with Crippen molar-refractivity contribution in [2.75, 3.05) is 25.1 Å². The van der Waals surface area contributed by atoms with Crippen LogP contribution in [-0.4, -0.2) is 31.3 Å². The number of hydrogen-bond acceptors (Lipinski definition) is 4. The summed E-state index contributed by atoms with van der Waals surface area (Å²) in [5.41, 5.74) is 6.33. The van der Waals surface area contributed by atoms with Gasteiger partial charge in [0.05, 0.1) is 16.8 Å². The van der Waals surface area contributed by atoms with E-state index in [4.69, 9.17) is 22.1 Å². The SMILES string of the molecule is COC1CCN(c2ccc(Cl)c(CN)n2)C1. The molecule has 1 aromatic heterocycles. The van der Waals surface area contributed by atoms with E-state index in [0.717, 1.165) is 31.0 Å². The van der Waals surface area contributed by atoms with Gasteiger partial charge in [0.1, 0.15) is 5.82 Å². The minimum absolute atomic E-state index is 0.304. The molecule has 1 aliphatic heterocycles. The van der Waals surface area contributed by atoms with Crippen molar-refractivity contribution in [2.45, 2.75) is 19.1 Å². The van der Waals surface area contributed by atoms with Crippen molar-refractivity contribution >= 4 is 17.4 Å². The van der Waals surface area contributed by atoms with Gasteiger partial charge >= 0.3 is 0 Å². The molecule has 0 aliphatic carbocycles. The zero-order valence-electron chi connectivity index (χ0n) is 9.32. The Labute approximate surface area is 100 Å². The Morgan fingerprint density at radius 1 is 1.62 bits per heavy atom. The van der Waals surface area contributed by atoms with Crippen molar-refractivity contribution < 1.29 is 4.74 Å². The highest BCUT2D eigenvalue weighted by molar-refractivity contribution is 6.31. The van der Waals surface area contributed by atoms with Gasteiger partial charge in [0, 0.05) is 26.7 Å². The van der Waals surface area contributed by atoms with Gasteiger partial charge < -0.3 is 15.4 Å².